The molecule has 0 aliphatic carbocycles. The Balaban J connectivity index is 1.86. The number of nitriles is 1. The molecular weight excluding hydrogens is 316 g/mol. The van der Waals surface area contributed by atoms with Gasteiger partial charge in [-0.15, -0.1) is 0 Å². The summed E-state index contributed by atoms with van der Waals surface area (Å²) < 4.78 is 0. The van der Waals surface area contributed by atoms with Crippen molar-refractivity contribution in [1.29, 1.82) is 5.26 Å². The standard InChI is InChI=1S/C24H22N2/c1-3-19-14-23(12-9-20-7-5-4-6-8-20)24(26-17-19)15-22-11-10-21(16-25)13-18(22)2/h3-8,10-11,13-14,17H,1,9,12,15H2,2H3. The number of pyridine rings is 1. The van der Waals surface area contributed by atoms with Crippen LogP contribution in [0.25, 0.3) is 6.08 Å². The Morgan fingerprint density at radius 3 is 2.54 bits per heavy atom. The third-order valence-electron chi connectivity index (χ3n) is 4.67. The average Bonchev–Trinajstić information content (AvgIpc) is 2.69. The highest BCUT2D eigenvalue weighted by Gasteiger charge is 2.09. The first-order valence-corrected chi connectivity index (χ1v) is 8.83. The fraction of sp³-hybridized carbons (Fsp3) is 0.167. The Morgan fingerprint density at radius 2 is 1.85 bits per heavy atom. The zero-order chi connectivity index (χ0) is 18.4. The average molecular weight is 338 g/mol. The fourth-order valence-corrected chi connectivity index (χ4v) is 3.11. The van der Waals surface area contributed by atoms with E-state index < -0.39 is 0 Å². The summed E-state index contributed by atoms with van der Waals surface area (Å²) in [5.41, 5.74) is 7.78. The maximum Gasteiger partial charge on any atom is 0.0991 e. The maximum absolute atomic E-state index is 9.05. The van der Waals surface area contributed by atoms with Crippen LogP contribution in [0.3, 0.4) is 0 Å². The molecule has 0 spiro atoms. The summed E-state index contributed by atoms with van der Waals surface area (Å²) in [4.78, 5) is 4.70. The minimum atomic E-state index is 0.700. The molecule has 3 rings (SSSR count). The zero-order valence-corrected chi connectivity index (χ0v) is 15.1. The lowest BCUT2D eigenvalue weighted by atomic mass is 9.96. The first kappa shape index (κ1) is 17.6. The molecule has 128 valence electrons. The largest absolute Gasteiger partial charge is 0.260 e. The molecule has 0 N–H and O–H groups in total. The Kier molecular flexibility index (Phi) is 5.61. The molecule has 0 bridgehead atoms. The van der Waals surface area contributed by atoms with Gasteiger partial charge in [-0.25, -0.2) is 0 Å². The van der Waals surface area contributed by atoms with E-state index in [4.69, 9.17) is 10.2 Å². The van der Waals surface area contributed by atoms with E-state index in [1.165, 1.54) is 16.7 Å². The molecule has 0 aliphatic heterocycles. The number of benzene rings is 2. The third-order valence-corrected chi connectivity index (χ3v) is 4.67. The number of hydrogen-bond donors (Lipinski definition) is 0. The predicted octanol–water partition coefficient (Wildman–Crippen LogP) is 5.28. The van der Waals surface area contributed by atoms with E-state index in [1.807, 2.05) is 36.5 Å². The van der Waals surface area contributed by atoms with Gasteiger partial charge < -0.3 is 0 Å². The SMILES string of the molecule is C=Cc1cnc(Cc2ccc(C#N)cc2C)c(CCc2ccccc2)c1. The van der Waals surface area contributed by atoms with Gasteiger partial charge in [-0.3, -0.25) is 4.98 Å². The van der Waals surface area contributed by atoms with Crippen LogP contribution >= 0.6 is 0 Å². The Labute approximate surface area is 155 Å². The summed E-state index contributed by atoms with van der Waals surface area (Å²) >= 11 is 0. The van der Waals surface area contributed by atoms with Crippen LogP contribution in [-0.2, 0) is 19.3 Å². The van der Waals surface area contributed by atoms with Gasteiger partial charge >= 0.3 is 0 Å². The van der Waals surface area contributed by atoms with Crippen molar-refractivity contribution in [3.8, 4) is 6.07 Å². The van der Waals surface area contributed by atoms with Gasteiger partial charge in [0.1, 0.15) is 0 Å². The van der Waals surface area contributed by atoms with Crippen LogP contribution in [0.5, 0.6) is 0 Å². The van der Waals surface area contributed by atoms with Gasteiger partial charge in [0.05, 0.1) is 11.6 Å². The fourth-order valence-electron chi connectivity index (χ4n) is 3.11. The molecule has 1 aromatic heterocycles. The molecule has 0 radical (unpaired) electrons. The lowest BCUT2D eigenvalue weighted by Gasteiger charge is -2.12. The van der Waals surface area contributed by atoms with Gasteiger partial charge in [0, 0.05) is 18.3 Å². The Morgan fingerprint density at radius 1 is 1.04 bits per heavy atom. The summed E-state index contributed by atoms with van der Waals surface area (Å²) in [6, 6.07) is 20.8. The Bertz CT molecular complexity index is 950. The van der Waals surface area contributed by atoms with Crippen LogP contribution in [0.2, 0.25) is 0 Å². The molecule has 0 aliphatic rings. The highest BCUT2D eigenvalue weighted by atomic mass is 14.7. The van der Waals surface area contributed by atoms with Crippen LogP contribution < -0.4 is 0 Å². The number of aromatic nitrogens is 1. The van der Waals surface area contributed by atoms with Crippen molar-refractivity contribution in [2.75, 3.05) is 0 Å². The molecule has 1 heterocycles. The van der Waals surface area contributed by atoms with Gasteiger partial charge in [-0.2, -0.15) is 5.26 Å². The van der Waals surface area contributed by atoms with Gasteiger partial charge in [-0.05, 0) is 65.8 Å². The lowest BCUT2D eigenvalue weighted by Crippen LogP contribution is -2.03. The van der Waals surface area contributed by atoms with Crippen molar-refractivity contribution in [3.05, 3.63) is 106 Å². The van der Waals surface area contributed by atoms with E-state index in [9.17, 15) is 0 Å². The second-order valence-corrected chi connectivity index (χ2v) is 6.49. The molecule has 2 aromatic carbocycles. The van der Waals surface area contributed by atoms with Crippen LogP contribution in [0.4, 0.5) is 0 Å². The van der Waals surface area contributed by atoms with E-state index in [2.05, 4.69) is 49.9 Å². The molecule has 0 saturated carbocycles. The second kappa shape index (κ2) is 8.27. The second-order valence-electron chi connectivity index (χ2n) is 6.49. The van der Waals surface area contributed by atoms with Gasteiger partial charge in [0.2, 0.25) is 0 Å². The molecular formula is C24H22N2. The summed E-state index contributed by atoms with van der Waals surface area (Å²) in [6.07, 6.45) is 6.44. The number of hydrogen-bond acceptors (Lipinski definition) is 2. The number of rotatable bonds is 6. The lowest BCUT2D eigenvalue weighted by molar-refractivity contribution is 0.907. The van der Waals surface area contributed by atoms with Crippen molar-refractivity contribution < 1.29 is 0 Å². The van der Waals surface area contributed by atoms with Crippen molar-refractivity contribution in [1.82, 2.24) is 4.98 Å². The summed E-state index contributed by atoms with van der Waals surface area (Å²) in [6.45, 7) is 5.92. The molecule has 26 heavy (non-hydrogen) atoms. The topological polar surface area (TPSA) is 36.7 Å². The first-order valence-electron chi connectivity index (χ1n) is 8.83. The number of aryl methyl sites for hydroxylation is 3. The first-order chi connectivity index (χ1) is 12.7. The number of nitrogens with zero attached hydrogens (tertiary/aromatic N) is 2. The van der Waals surface area contributed by atoms with E-state index in [1.54, 1.807) is 0 Å². The quantitative estimate of drug-likeness (QED) is 0.613. The Hall–Kier alpha value is -3.18. The molecule has 2 nitrogen and oxygen atoms in total. The highest BCUT2D eigenvalue weighted by molar-refractivity contribution is 5.48. The van der Waals surface area contributed by atoms with Crippen LogP contribution in [0, 0.1) is 18.3 Å². The van der Waals surface area contributed by atoms with Crippen molar-refractivity contribution in [2.45, 2.75) is 26.2 Å². The van der Waals surface area contributed by atoms with Crippen molar-refractivity contribution in [2.24, 2.45) is 0 Å². The molecule has 0 atom stereocenters. The van der Waals surface area contributed by atoms with Gasteiger partial charge in [0.25, 0.3) is 0 Å². The van der Waals surface area contributed by atoms with Crippen molar-refractivity contribution >= 4 is 6.08 Å². The minimum absolute atomic E-state index is 0.700. The maximum atomic E-state index is 9.05. The minimum Gasteiger partial charge on any atom is -0.260 e. The highest BCUT2D eigenvalue weighted by Crippen LogP contribution is 2.20. The molecule has 0 saturated heterocycles. The molecule has 0 fully saturated rings. The van der Waals surface area contributed by atoms with E-state index in [-0.39, 0.29) is 0 Å². The third kappa shape index (κ3) is 4.26. The van der Waals surface area contributed by atoms with Crippen LogP contribution in [-0.4, -0.2) is 4.98 Å². The normalized spacial score (nSPS) is 10.3. The van der Waals surface area contributed by atoms with Gasteiger partial charge in [0.15, 0.2) is 0 Å². The van der Waals surface area contributed by atoms with E-state index in [0.29, 0.717) is 5.56 Å². The summed E-state index contributed by atoms with van der Waals surface area (Å²) in [5, 5.41) is 9.05. The summed E-state index contributed by atoms with van der Waals surface area (Å²) in [5.74, 6) is 0. The van der Waals surface area contributed by atoms with E-state index >= 15 is 0 Å². The summed E-state index contributed by atoms with van der Waals surface area (Å²) in [7, 11) is 0. The molecule has 3 aromatic rings. The van der Waals surface area contributed by atoms with Crippen molar-refractivity contribution in [3.63, 3.8) is 0 Å². The monoisotopic (exact) mass is 338 g/mol. The van der Waals surface area contributed by atoms with E-state index in [0.717, 1.165) is 36.1 Å². The molecule has 0 unspecified atom stereocenters. The van der Waals surface area contributed by atoms with Crippen LogP contribution in [0.1, 0.15) is 39.1 Å². The smallest absolute Gasteiger partial charge is 0.0991 e. The van der Waals surface area contributed by atoms with Gasteiger partial charge in [-0.1, -0.05) is 49.1 Å². The van der Waals surface area contributed by atoms with Crippen LogP contribution in [0.15, 0.2) is 67.4 Å². The molecule has 0 amide bonds. The predicted molar refractivity (Wildman–Crippen MR) is 107 cm³/mol. The zero-order valence-electron chi connectivity index (χ0n) is 15.1. The molecule has 2 heteroatoms.